The first kappa shape index (κ1) is 28.0. The molecule has 0 aliphatic carbocycles. The number of halogens is 4. The van der Waals surface area contributed by atoms with Crippen LogP contribution in [0.2, 0.25) is 5.02 Å². The number of ether oxygens (including phenoxy) is 2. The minimum absolute atomic E-state index is 0.0141. The van der Waals surface area contributed by atoms with E-state index < -0.39 is 35.0 Å². The molecule has 0 saturated carbocycles. The summed E-state index contributed by atoms with van der Waals surface area (Å²) >= 11 is 6.28. The molecule has 1 aliphatic rings. The first-order valence-corrected chi connectivity index (χ1v) is 11.6. The Morgan fingerprint density at radius 1 is 1.26 bits per heavy atom. The minimum atomic E-state index is -4.75. The lowest BCUT2D eigenvalue weighted by molar-refractivity contribution is -0.138. The van der Waals surface area contributed by atoms with E-state index in [9.17, 15) is 22.8 Å². The summed E-state index contributed by atoms with van der Waals surface area (Å²) in [6.45, 7) is 9.82. The number of likely N-dealkylation sites (tertiary alicyclic amines) is 1. The van der Waals surface area contributed by atoms with Gasteiger partial charge in [0.1, 0.15) is 5.60 Å². The third-order valence-electron chi connectivity index (χ3n) is 5.48. The number of nitrogens with two attached hydrogens (primary N) is 1. The molecule has 1 aromatic carbocycles. The van der Waals surface area contributed by atoms with Crippen molar-refractivity contribution in [1.29, 1.82) is 0 Å². The number of nitrogens with zero attached hydrogens (tertiary/aromatic N) is 2. The number of anilines is 1. The average molecular weight is 508 g/mol. The predicted octanol–water partition coefficient (Wildman–Crippen LogP) is 5.34. The average Bonchev–Trinajstić information content (AvgIpc) is 2.70. The topological polar surface area (TPSA) is 85.1 Å². The fourth-order valence-electron chi connectivity index (χ4n) is 4.00. The van der Waals surface area contributed by atoms with Gasteiger partial charge in [-0.05, 0) is 65.6 Å². The SMILES string of the molecule is CCOC(=O)c1cc(C(F)(F)F)c(CN2CCC[C@H](N(CC)C(=O)OC(C)(C)C)C2)c(Cl)c1N. The van der Waals surface area contributed by atoms with Crippen molar-refractivity contribution >= 4 is 29.4 Å². The Balaban J connectivity index is 2.34. The quantitative estimate of drug-likeness (QED) is 0.413. The molecule has 1 fully saturated rings. The number of carbonyl (C=O) groups is 2. The highest BCUT2D eigenvalue weighted by atomic mass is 35.5. The predicted molar refractivity (Wildman–Crippen MR) is 124 cm³/mol. The first-order chi connectivity index (χ1) is 15.7. The summed E-state index contributed by atoms with van der Waals surface area (Å²) < 4.78 is 52.1. The first-order valence-electron chi connectivity index (χ1n) is 11.3. The zero-order valence-electron chi connectivity index (χ0n) is 20.2. The number of amides is 1. The van der Waals surface area contributed by atoms with E-state index in [1.807, 2.05) is 6.92 Å². The third-order valence-corrected chi connectivity index (χ3v) is 5.91. The van der Waals surface area contributed by atoms with Gasteiger partial charge in [0, 0.05) is 25.7 Å². The van der Waals surface area contributed by atoms with E-state index in [0.717, 1.165) is 0 Å². The molecule has 0 radical (unpaired) electrons. The van der Waals surface area contributed by atoms with Crippen LogP contribution in [0.3, 0.4) is 0 Å². The van der Waals surface area contributed by atoms with Crippen LogP contribution in [0.15, 0.2) is 6.07 Å². The second-order valence-corrected chi connectivity index (χ2v) is 9.57. The molecule has 0 unspecified atom stereocenters. The van der Waals surface area contributed by atoms with Crippen molar-refractivity contribution in [2.24, 2.45) is 0 Å². The molecule has 192 valence electrons. The molecule has 0 bridgehead atoms. The fourth-order valence-corrected chi connectivity index (χ4v) is 4.27. The molecule has 2 N–H and O–H groups in total. The van der Waals surface area contributed by atoms with Crippen LogP contribution < -0.4 is 5.73 Å². The molecule has 7 nitrogen and oxygen atoms in total. The number of esters is 1. The van der Waals surface area contributed by atoms with Crippen LogP contribution in [0.5, 0.6) is 0 Å². The van der Waals surface area contributed by atoms with Gasteiger partial charge in [-0.3, -0.25) is 4.90 Å². The normalized spacial score (nSPS) is 17.4. The van der Waals surface area contributed by atoms with Gasteiger partial charge in [-0.1, -0.05) is 11.6 Å². The molecule has 1 saturated heterocycles. The number of hydrogen-bond acceptors (Lipinski definition) is 6. The highest BCUT2D eigenvalue weighted by Gasteiger charge is 2.38. The van der Waals surface area contributed by atoms with Crippen LogP contribution in [-0.2, 0) is 22.2 Å². The lowest BCUT2D eigenvalue weighted by Crippen LogP contribution is -2.51. The Bertz CT molecular complexity index is 903. The second kappa shape index (κ2) is 11.0. The molecular weight excluding hydrogens is 475 g/mol. The van der Waals surface area contributed by atoms with Crippen molar-refractivity contribution in [2.45, 2.75) is 71.8 Å². The summed E-state index contributed by atoms with van der Waals surface area (Å²) in [5.41, 5.74) is 3.38. The van der Waals surface area contributed by atoms with Crippen LogP contribution in [-0.4, -0.2) is 59.7 Å². The standard InChI is InChI=1S/C23H33ClF3N3O4/c1-6-30(21(32)34-22(3,4)5)14-9-8-10-29(12-14)13-16-17(23(25,26)27)11-15(19(28)18(16)24)20(31)33-7-2/h11,14H,6-10,12-13,28H2,1-5H3/t14-/m0/s1. The lowest BCUT2D eigenvalue weighted by atomic mass is 9.98. The highest BCUT2D eigenvalue weighted by molar-refractivity contribution is 6.34. The Labute approximate surface area is 203 Å². The number of likely N-dealkylation sites (N-methyl/N-ethyl adjacent to an activating group) is 1. The van der Waals surface area contributed by atoms with Gasteiger partial charge in [-0.2, -0.15) is 13.2 Å². The van der Waals surface area contributed by atoms with E-state index in [1.165, 1.54) is 0 Å². The zero-order chi connectivity index (χ0) is 25.8. The van der Waals surface area contributed by atoms with Gasteiger partial charge in [-0.25, -0.2) is 9.59 Å². The van der Waals surface area contributed by atoms with Crippen molar-refractivity contribution in [1.82, 2.24) is 9.80 Å². The van der Waals surface area contributed by atoms with E-state index in [-0.39, 0.29) is 35.5 Å². The minimum Gasteiger partial charge on any atom is -0.462 e. The van der Waals surface area contributed by atoms with E-state index in [4.69, 9.17) is 26.8 Å². The van der Waals surface area contributed by atoms with Crippen LogP contribution in [0.25, 0.3) is 0 Å². The lowest BCUT2D eigenvalue weighted by Gasteiger charge is -2.39. The third kappa shape index (κ3) is 6.91. The molecule has 11 heteroatoms. The van der Waals surface area contributed by atoms with Gasteiger partial charge >= 0.3 is 18.2 Å². The highest BCUT2D eigenvalue weighted by Crippen LogP contribution is 2.40. The maximum absolute atomic E-state index is 13.9. The summed E-state index contributed by atoms with van der Waals surface area (Å²) in [6, 6.07) is 0.479. The number of rotatable bonds is 6. The maximum Gasteiger partial charge on any atom is 0.416 e. The Kier molecular flexibility index (Phi) is 9.10. The van der Waals surface area contributed by atoms with Crippen LogP contribution in [0.4, 0.5) is 23.7 Å². The fraction of sp³-hybridized carbons (Fsp3) is 0.652. The van der Waals surface area contributed by atoms with Gasteiger partial charge in [0.05, 0.1) is 28.4 Å². The van der Waals surface area contributed by atoms with Gasteiger partial charge in [0.2, 0.25) is 0 Å². The van der Waals surface area contributed by atoms with Crippen molar-refractivity contribution < 1.29 is 32.2 Å². The van der Waals surface area contributed by atoms with Gasteiger partial charge in [0.25, 0.3) is 0 Å². The van der Waals surface area contributed by atoms with Crippen molar-refractivity contribution in [2.75, 3.05) is 32.0 Å². The number of carbonyl (C=O) groups excluding carboxylic acids is 2. The smallest absolute Gasteiger partial charge is 0.416 e. The van der Waals surface area contributed by atoms with Crippen molar-refractivity contribution in [3.63, 3.8) is 0 Å². The number of benzene rings is 1. The molecular formula is C23H33ClF3N3O4. The van der Waals surface area contributed by atoms with E-state index >= 15 is 0 Å². The van der Waals surface area contributed by atoms with Crippen LogP contribution in [0.1, 0.15) is 68.9 Å². The number of piperidine rings is 1. The summed E-state index contributed by atoms with van der Waals surface area (Å²) in [5.74, 6) is -0.965. The molecule has 1 aliphatic heterocycles. The number of hydrogen-bond donors (Lipinski definition) is 1. The van der Waals surface area contributed by atoms with Crippen molar-refractivity contribution in [3.8, 4) is 0 Å². The molecule has 34 heavy (non-hydrogen) atoms. The maximum atomic E-state index is 13.9. The second-order valence-electron chi connectivity index (χ2n) is 9.19. The van der Waals surface area contributed by atoms with E-state index in [0.29, 0.717) is 38.5 Å². The molecule has 1 aromatic rings. The van der Waals surface area contributed by atoms with Crippen LogP contribution >= 0.6 is 11.6 Å². The van der Waals surface area contributed by atoms with Gasteiger partial charge in [0.15, 0.2) is 0 Å². The Morgan fingerprint density at radius 3 is 2.44 bits per heavy atom. The Morgan fingerprint density at radius 2 is 1.91 bits per heavy atom. The molecule has 1 heterocycles. The molecule has 1 amide bonds. The summed E-state index contributed by atoms with van der Waals surface area (Å²) in [7, 11) is 0. The Hall–Kier alpha value is -2.20. The van der Waals surface area contributed by atoms with Crippen molar-refractivity contribution in [3.05, 3.63) is 27.8 Å². The summed E-state index contributed by atoms with van der Waals surface area (Å²) in [4.78, 5) is 28.2. The number of alkyl halides is 3. The van der Waals surface area contributed by atoms with Gasteiger partial charge in [-0.15, -0.1) is 0 Å². The van der Waals surface area contributed by atoms with E-state index in [1.54, 1.807) is 37.5 Å². The molecule has 0 spiro atoms. The zero-order valence-corrected chi connectivity index (χ0v) is 21.0. The number of nitrogen functional groups attached to an aromatic ring is 1. The molecule has 0 aromatic heterocycles. The summed E-state index contributed by atoms with van der Waals surface area (Å²) in [6.07, 6.45) is -3.83. The monoisotopic (exact) mass is 507 g/mol. The molecule has 1 atom stereocenters. The molecule has 2 rings (SSSR count). The largest absolute Gasteiger partial charge is 0.462 e. The van der Waals surface area contributed by atoms with Crippen LogP contribution in [0, 0.1) is 0 Å². The van der Waals surface area contributed by atoms with E-state index in [2.05, 4.69) is 0 Å². The van der Waals surface area contributed by atoms with Gasteiger partial charge < -0.3 is 20.1 Å². The summed E-state index contributed by atoms with van der Waals surface area (Å²) in [5, 5.41) is -0.320.